The first-order chi connectivity index (χ1) is 22.8. The molecule has 1 saturated heterocycles. The van der Waals surface area contributed by atoms with Crippen LogP contribution in [0.1, 0.15) is 60.7 Å². The first-order valence-corrected chi connectivity index (χ1v) is 15.5. The van der Waals surface area contributed by atoms with Crippen molar-refractivity contribution in [1.29, 1.82) is 0 Å². The van der Waals surface area contributed by atoms with Crippen LogP contribution in [0, 0.1) is 5.82 Å². The zero-order valence-electron chi connectivity index (χ0n) is 26.9. The number of amides is 1. The van der Waals surface area contributed by atoms with Gasteiger partial charge in [-0.2, -0.15) is 26.3 Å². The van der Waals surface area contributed by atoms with Crippen LogP contribution in [0.15, 0.2) is 54.7 Å². The Labute approximate surface area is 278 Å². The number of ketones is 2. The minimum Gasteiger partial charge on any atom is -0.482 e. The number of piperazine rings is 1. The Hall–Kier alpha value is -4.37. The minimum absolute atomic E-state index is 0.130. The molecular weight excluding hydrogens is 661 g/mol. The molecule has 3 N–H and O–H groups in total. The van der Waals surface area contributed by atoms with E-state index >= 15 is 0 Å². The summed E-state index contributed by atoms with van der Waals surface area (Å²) in [6, 6.07) is 15.1. The Morgan fingerprint density at radius 3 is 2.04 bits per heavy atom. The largest absolute Gasteiger partial charge is 0.482 e. The van der Waals surface area contributed by atoms with Crippen molar-refractivity contribution in [3.8, 4) is 16.9 Å². The van der Waals surface area contributed by atoms with E-state index in [9.17, 15) is 45.1 Å². The van der Waals surface area contributed by atoms with Crippen molar-refractivity contribution in [1.82, 2.24) is 10.3 Å². The van der Waals surface area contributed by atoms with Gasteiger partial charge in [-0.3, -0.25) is 14.1 Å². The lowest BCUT2D eigenvalue weighted by molar-refractivity contribution is -0.836. The second-order valence-electron chi connectivity index (χ2n) is 12.6. The normalized spacial score (nSPS) is 22.5. The summed E-state index contributed by atoms with van der Waals surface area (Å²) in [6.45, 7) is 5.78. The molecule has 2 aromatic carbocycles. The van der Waals surface area contributed by atoms with Crippen molar-refractivity contribution in [3.05, 3.63) is 77.2 Å². The second kappa shape index (κ2) is 14.6. The smallest absolute Gasteiger partial charge is 0.458 e. The van der Waals surface area contributed by atoms with E-state index in [0.717, 1.165) is 61.0 Å². The van der Waals surface area contributed by atoms with E-state index < -0.39 is 23.9 Å². The lowest BCUT2D eigenvalue weighted by atomic mass is 10.0. The van der Waals surface area contributed by atoms with Gasteiger partial charge >= 0.3 is 29.8 Å². The Kier molecular flexibility index (Phi) is 11.2. The number of anilines is 1. The first kappa shape index (κ1) is 37.4. The molecule has 5 rings (SSSR count). The fourth-order valence-electron chi connectivity index (χ4n) is 6.29. The molecule has 0 radical (unpaired) electrons. The third-order valence-electron chi connectivity index (χ3n) is 8.37. The molecular formula is C34H36F7N4O4+. The van der Waals surface area contributed by atoms with E-state index in [1.807, 2.05) is 43.4 Å². The number of rotatable bonds is 5. The molecule has 15 heteroatoms. The van der Waals surface area contributed by atoms with Crippen LogP contribution < -0.4 is 15.8 Å². The van der Waals surface area contributed by atoms with E-state index in [-0.39, 0.29) is 29.9 Å². The molecule has 1 aliphatic carbocycles. The highest BCUT2D eigenvalue weighted by atomic mass is 19.4. The van der Waals surface area contributed by atoms with Crippen molar-refractivity contribution in [3.63, 3.8) is 0 Å². The van der Waals surface area contributed by atoms with Crippen LogP contribution >= 0.6 is 0 Å². The maximum Gasteiger partial charge on any atom is 0.458 e. The topological polar surface area (TPSA) is 111 Å². The van der Waals surface area contributed by atoms with E-state index in [0.29, 0.717) is 21.6 Å². The molecule has 0 saturated carbocycles. The van der Waals surface area contributed by atoms with Crippen molar-refractivity contribution in [2.75, 3.05) is 25.9 Å². The maximum atomic E-state index is 14.1. The number of quaternary nitrogens is 1. The van der Waals surface area contributed by atoms with Crippen LogP contribution in [0.4, 0.5) is 36.6 Å². The number of nitrogen functional groups attached to an aromatic ring is 1. The number of Topliss-reactive ketones (excluding diaryl/α,β-unsaturated/α-hetero) is 2. The van der Waals surface area contributed by atoms with Gasteiger partial charge in [0.25, 0.3) is 0 Å². The van der Waals surface area contributed by atoms with Crippen LogP contribution in [0.2, 0.25) is 0 Å². The number of ether oxygens (including phenoxy) is 1. The highest BCUT2D eigenvalue weighted by Crippen LogP contribution is 2.36. The number of likely N-dealkylation sites (N-methyl/N-ethyl adjacent to an activating group) is 1. The summed E-state index contributed by atoms with van der Waals surface area (Å²) >= 11 is 0. The van der Waals surface area contributed by atoms with Crippen molar-refractivity contribution in [2.24, 2.45) is 0 Å². The fraction of sp³-hybridized carbons (Fsp3) is 0.412. The number of hydrogen-bond acceptors (Lipinski definition) is 7. The van der Waals surface area contributed by atoms with Gasteiger partial charge in [0.1, 0.15) is 25.0 Å². The van der Waals surface area contributed by atoms with Gasteiger partial charge in [0.15, 0.2) is 11.6 Å². The number of carbonyl (C=O) groups excluding carboxylic acids is 3. The van der Waals surface area contributed by atoms with Crippen LogP contribution in [0.3, 0.4) is 0 Å². The standard InChI is InChI=1S/C30H35FN4O2.C4F6O2/c1-19-17-35(3,18-20(2)34-19)30(36)23-10-8-21(9-11-23)24-14-28(29(32)33-16-24)37-27-7-5-4-6-22-12-13-25(31)15-26(22)27;5-3(6,7)1(11)2(12)4(8,9)10/h8-16,19-20,27,34H,4-7,17-18H2,1-3H3,(H-,32,33,36);/p+1/t19-,20+,27?,35?;. The van der Waals surface area contributed by atoms with Crippen LogP contribution in [-0.4, -0.2) is 71.5 Å². The molecule has 2 heterocycles. The van der Waals surface area contributed by atoms with E-state index in [4.69, 9.17) is 10.5 Å². The lowest BCUT2D eigenvalue weighted by Gasteiger charge is -2.41. The number of hydrogen-bond donors (Lipinski definition) is 2. The summed E-state index contributed by atoms with van der Waals surface area (Å²) in [7, 11) is 2.02. The Morgan fingerprint density at radius 2 is 1.47 bits per heavy atom. The third kappa shape index (κ3) is 9.21. The summed E-state index contributed by atoms with van der Waals surface area (Å²) in [5.41, 5.74) is 10.7. The summed E-state index contributed by atoms with van der Waals surface area (Å²) < 4.78 is 87.8. The van der Waals surface area contributed by atoms with Gasteiger partial charge in [-0.15, -0.1) is 0 Å². The third-order valence-corrected chi connectivity index (χ3v) is 8.37. The van der Waals surface area contributed by atoms with E-state index in [2.05, 4.69) is 24.1 Å². The van der Waals surface area contributed by atoms with Gasteiger partial charge in [-0.05, 0) is 86.6 Å². The molecule has 2 unspecified atom stereocenters. The predicted molar refractivity (Wildman–Crippen MR) is 166 cm³/mol. The van der Waals surface area contributed by atoms with Gasteiger partial charge in [0, 0.05) is 11.8 Å². The monoisotopic (exact) mass is 697 g/mol. The molecule has 1 aliphatic heterocycles. The number of nitrogens with zero attached hydrogens (tertiary/aromatic N) is 2. The SMILES string of the molecule is C[C@@H]1C[N+](C)(C(=O)c2ccc(-c3cnc(N)c(OC4CCCCc5ccc(F)cc54)c3)cc2)C[C@H](C)N1.O=C(C(=O)C(F)(F)F)C(F)(F)F. The maximum absolute atomic E-state index is 14.1. The average molecular weight is 698 g/mol. The molecule has 4 atom stereocenters. The summed E-state index contributed by atoms with van der Waals surface area (Å²) in [6.07, 6.45) is -6.35. The van der Waals surface area contributed by atoms with Gasteiger partial charge in [0.05, 0.1) is 24.7 Å². The molecule has 264 valence electrons. The van der Waals surface area contributed by atoms with Crippen LogP contribution in [-0.2, 0) is 16.0 Å². The number of pyridine rings is 1. The van der Waals surface area contributed by atoms with Crippen LogP contribution in [0.5, 0.6) is 5.75 Å². The number of benzene rings is 2. The van der Waals surface area contributed by atoms with E-state index in [1.165, 1.54) is 6.07 Å². The number of halogens is 7. The molecule has 0 spiro atoms. The molecule has 8 nitrogen and oxygen atoms in total. The first-order valence-electron chi connectivity index (χ1n) is 15.5. The number of aromatic nitrogens is 1. The van der Waals surface area contributed by atoms with Crippen molar-refractivity contribution < 1.29 is 54.3 Å². The van der Waals surface area contributed by atoms with Crippen molar-refractivity contribution >= 4 is 23.3 Å². The molecule has 3 aromatic rings. The van der Waals surface area contributed by atoms with Gasteiger partial charge in [-0.1, -0.05) is 18.2 Å². The highest BCUT2D eigenvalue weighted by Gasteiger charge is 2.54. The molecule has 49 heavy (non-hydrogen) atoms. The summed E-state index contributed by atoms with van der Waals surface area (Å²) in [5.74, 6) is -6.15. The van der Waals surface area contributed by atoms with E-state index in [1.54, 1.807) is 12.3 Å². The van der Waals surface area contributed by atoms with Crippen LogP contribution in [0.25, 0.3) is 11.1 Å². The number of alkyl halides is 6. The zero-order chi connectivity index (χ0) is 36.3. The Bertz CT molecular complexity index is 1660. The molecule has 2 aliphatic rings. The minimum atomic E-state index is -5.77. The second-order valence-corrected chi connectivity index (χ2v) is 12.6. The number of nitrogens with two attached hydrogens (primary N) is 1. The number of fused-ring (bicyclic) bond motifs is 1. The fourth-order valence-corrected chi connectivity index (χ4v) is 6.29. The Balaban J connectivity index is 0.000000386. The lowest BCUT2D eigenvalue weighted by Crippen LogP contribution is -2.65. The number of aryl methyl sites for hydroxylation is 1. The summed E-state index contributed by atoms with van der Waals surface area (Å²) in [5, 5.41) is 3.51. The zero-order valence-corrected chi connectivity index (χ0v) is 26.9. The molecule has 1 fully saturated rings. The average Bonchev–Trinajstić information content (AvgIpc) is 3.21. The number of carbonyl (C=O) groups is 3. The highest BCUT2D eigenvalue weighted by molar-refractivity contribution is 6.41. The van der Waals surface area contributed by atoms with Gasteiger partial charge < -0.3 is 15.8 Å². The van der Waals surface area contributed by atoms with Crippen molar-refractivity contribution in [2.45, 2.75) is 70.1 Å². The molecule has 1 aromatic heterocycles. The quantitative estimate of drug-likeness (QED) is 0.135. The van der Waals surface area contributed by atoms with Gasteiger partial charge in [-0.25, -0.2) is 14.2 Å². The Morgan fingerprint density at radius 1 is 0.878 bits per heavy atom. The predicted octanol–water partition coefficient (Wildman–Crippen LogP) is 6.53. The molecule has 0 bridgehead atoms. The summed E-state index contributed by atoms with van der Waals surface area (Å²) in [4.78, 5) is 37.0. The number of nitrogens with one attached hydrogen (secondary N) is 1. The van der Waals surface area contributed by atoms with Gasteiger partial charge in [0.2, 0.25) is 0 Å². The molecule has 1 amide bonds.